The predicted octanol–water partition coefficient (Wildman–Crippen LogP) is 1.82. The van der Waals surface area contributed by atoms with Crippen LogP contribution in [-0.2, 0) is 22.9 Å². The van der Waals surface area contributed by atoms with E-state index in [1.807, 2.05) is 12.1 Å². The van der Waals surface area contributed by atoms with E-state index in [1.165, 1.54) is 6.07 Å². The molecule has 0 fully saturated rings. The summed E-state index contributed by atoms with van der Waals surface area (Å²) in [4.78, 5) is 0.175. The number of sulfonamides is 1. The maximum absolute atomic E-state index is 11.5. The van der Waals surface area contributed by atoms with Crippen molar-refractivity contribution in [3.05, 3.63) is 59.7 Å². The summed E-state index contributed by atoms with van der Waals surface area (Å²) in [5.41, 5.74) is 1.74. The maximum Gasteiger partial charge on any atom is 0.238 e. The van der Waals surface area contributed by atoms with Gasteiger partial charge in [-0.25, -0.2) is 13.6 Å². The number of aryl methyl sites for hydroxylation is 2. The average Bonchev–Trinajstić information content (AvgIpc) is 2.37. The number of hydrogen-bond acceptors (Lipinski definition) is 3. The van der Waals surface area contributed by atoms with Gasteiger partial charge in [0.1, 0.15) is 5.75 Å². The Kier molecular flexibility index (Phi) is 3.87. The minimum atomic E-state index is -3.68. The van der Waals surface area contributed by atoms with Crippen molar-refractivity contribution in [1.82, 2.24) is 0 Å². The van der Waals surface area contributed by atoms with Crippen LogP contribution in [0.25, 0.3) is 0 Å². The van der Waals surface area contributed by atoms with E-state index in [2.05, 4.69) is 0 Å². The van der Waals surface area contributed by atoms with E-state index in [9.17, 15) is 13.5 Å². The number of nitrogens with two attached hydrogens (primary N) is 1. The Bertz CT molecular complexity index is 663. The Morgan fingerprint density at radius 1 is 0.947 bits per heavy atom. The third-order valence-electron chi connectivity index (χ3n) is 2.90. The Morgan fingerprint density at radius 2 is 1.58 bits per heavy atom. The summed E-state index contributed by atoms with van der Waals surface area (Å²) in [7, 11) is -3.68. The fourth-order valence-electron chi connectivity index (χ4n) is 1.93. The second kappa shape index (κ2) is 5.42. The van der Waals surface area contributed by atoms with Crippen LogP contribution in [0.5, 0.6) is 5.75 Å². The van der Waals surface area contributed by atoms with Crippen LogP contribution >= 0.6 is 0 Å². The van der Waals surface area contributed by atoms with Crippen molar-refractivity contribution in [3.63, 3.8) is 0 Å². The SMILES string of the molecule is NS(=O)(=O)c1ccccc1CCc1ccc(O)cc1. The largest absolute Gasteiger partial charge is 0.508 e. The van der Waals surface area contributed by atoms with Gasteiger partial charge >= 0.3 is 0 Å². The lowest BCUT2D eigenvalue weighted by atomic mass is 10.0. The minimum Gasteiger partial charge on any atom is -0.508 e. The molecule has 19 heavy (non-hydrogen) atoms. The van der Waals surface area contributed by atoms with Crippen molar-refractivity contribution in [2.75, 3.05) is 0 Å². The van der Waals surface area contributed by atoms with Gasteiger partial charge in [0.15, 0.2) is 0 Å². The quantitative estimate of drug-likeness (QED) is 0.894. The molecule has 0 aromatic heterocycles. The number of rotatable bonds is 4. The fraction of sp³-hybridized carbons (Fsp3) is 0.143. The summed E-state index contributed by atoms with van der Waals surface area (Å²) in [5, 5.41) is 14.4. The Labute approximate surface area is 112 Å². The molecule has 2 rings (SSSR count). The molecule has 0 unspecified atom stereocenters. The molecule has 2 aromatic rings. The number of phenolic OH excluding ortho intramolecular Hbond substituents is 1. The molecule has 0 aliphatic rings. The first-order valence-electron chi connectivity index (χ1n) is 5.85. The molecule has 0 heterocycles. The van der Waals surface area contributed by atoms with Crippen molar-refractivity contribution in [2.45, 2.75) is 17.7 Å². The molecule has 0 saturated carbocycles. The van der Waals surface area contributed by atoms with E-state index < -0.39 is 10.0 Å². The summed E-state index contributed by atoms with van der Waals surface area (Å²) in [6, 6.07) is 13.6. The molecule has 0 bridgehead atoms. The first kappa shape index (κ1) is 13.6. The lowest BCUT2D eigenvalue weighted by Crippen LogP contribution is -2.14. The molecule has 100 valence electrons. The van der Waals surface area contributed by atoms with Crippen LogP contribution in [0.15, 0.2) is 53.4 Å². The number of hydrogen-bond donors (Lipinski definition) is 2. The van der Waals surface area contributed by atoms with Gasteiger partial charge in [0.05, 0.1) is 4.90 Å². The molecule has 5 heteroatoms. The summed E-state index contributed by atoms with van der Waals surface area (Å²) in [5.74, 6) is 0.216. The molecule has 2 aromatic carbocycles. The van der Waals surface area contributed by atoms with Gasteiger partial charge in [-0.3, -0.25) is 0 Å². The molecular formula is C14H15NO3S. The van der Waals surface area contributed by atoms with E-state index in [0.717, 1.165) is 5.56 Å². The van der Waals surface area contributed by atoms with Gasteiger partial charge in [-0.2, -0.15) is 0 Å². The summed E-state index contributed by atoms with van der Waals surface area (Å²) in [6.07, 6.45) is 1.27. The summed E-state index contributed by atoms with van der Waals surface area (Å²) < 4.78 is 22.9. The molecule has 3 N–H and O–H groups in total. The molecule has 0 amide bonds. The molecule has 0 spiro atoms. The van der Waals surface area contributed by atoms with Gasteiger partial charge < -0.3 is 5.11 Å². The van der Waals surface area contributed by atoms with Gasteiger partial charge in [0, 0.05) is 0 Å². The normalized spacial score (nSPS) is 11.4. The van der Waals surface area contributed by atoms with E-state index in [0.29, 0.717) is 18.4 Å². The third-order valence-corrected chi connectivity index (χ3v) is 3.91. The Morgan fingerprint density at radius 3 is 2.21 bits per heavy atom. The zero-order valence-electron chi connectivity index (χ0n) is 10.3. The molecule has 0 atom stereocenters. The van der Waals surface area contributed by atoms with E-state index in [1.54, 1.807) is 30.3 Å². The van der Waals surface area contributed by atoms with Crippen LogP contribution in [0.3, 0.4) is 0 Å². The van der Waals surface area contributed by atoms with Gasteiger partial charge in [0.2, 0.25) is 10.0 Å². The highest BCUT2D eigenvalue weighted by atomic mass is 32.2. The zero-order chi connectivity index (χ0) is 13.9. The Balaban J connectivity index is 2.18. The summed E-state index contributed by atoms with van der Waals surface area (Å²) in [6.45, 7) is 0. The lowest BCUT2D eigenvalue weighted by Gasteiger charge is -2.07. The highest BCUT2D eigenvalue weighted by Crippen LogP contribution is 2.17. The van der Waals surface area contributed by atoms with Crippen molar-refractivity contribution >= 4 is 10.0 Å². The second-order valence-electron chi connectivity index (χ2n) is 4.32. The first-order valence-corrected chi connectivity index (χ1v) is 7.40. The number of phenols is 1. The fourth-order valence-corrected chi connectivity index (χ4v) is 2.73. The van der Waals surface area contributed by atoms with E-state index >= 15 is 0 Å². The predicted molar refractivity (Wildman–Crippen MR) is 73.3 cm³/mol. The van der Waals surface area contributed by atoms with Crippen molar-refractivity contribution < 1.29 is 13.5 Å². The van der Waals surface area contributed by atoms with E-state index in [4.69, 9.17) is 5.14 Å². The lowest BCUT2D eigenvalue weighted by molar-refractivity contribution is 0.475. The number of aromatic hydroxyl groups is 1. The van der Waals surface area contributed by atoms with Crippen LogP contribution in [-0.4, -0.2) is 13.5 Å². The van der Waals surface area contributed by atoms with Gasteiger partial charge in [-0.05, 0) is 42.2 Å². The van der Waals surface area contributed by atoms with Crippen LogP contribution in [0, 0.1) is 0 Å². The number of benzene rings is 2. The van der Waals surface area contributed by atoms with Gasteiger partial charge in [0.25, 0.3) is 0 Å². The molecular weight excluding hydrogens is 262 g/mol. The van der Waals surface area contributed by atoms with Crippen molar-refractivity contribution in [2.24, 2.45) is 5.14 Å². The van der Waals surface area contributed by atoms with Crippen LogP contribution in [0.4, 0.5) is 0 Å². The topological polar surface area (TPSA) is 80.4 Å². The standard InChI is InChI=1S/C14H15NO3S/c15-19(17,18)14-4-2-1-3-12(14)8-5-11-6-9-13(16)10-7-11/h1-4,6-7,9-10,16H,5,8H2,(H2,15,17,18). The number of primary sulfonamides is 1. The molecule has 0 saturated heterocycles. The van der Waals surface area contributed by atoms with Crippen molar-refractivity contribution in [1.29, 1.82) is 0 Å². The highest BCUT2D eigenvalue weighted by Gasteiger charge is 2.12. The monoisotopic (exact) mass is 277 g/mol. The Hall–Kier alpha value is -1.85. The molecule has 0 aliphatic heterocycles. The maximum atomic E-state index is 11.5. The van der Waals surface area contributed by atoms with Gasteiger partial charge in [-0.15, -0.1) is 0 Å². The molecule has 0 aliphatic carbocycles. The molecule has 4 nitrogen and oxygen atoms in total. The highest BCUT2D eigenvalue weighted by molar-refractivity contribution is 7.89. The minimum absolute atomic E-state index is 0.175. The molecule has 0 radical (unpaired) electrons. The van der Waals surface area contributed by atoms with E-state index in [-0.39, 0.29) is 10.6 Å². The third kappa shape index (κ3) is 3.56. The second-order valence-corrected chi connectivity index (χ2v) is 5.85. The van der Waals surface area contributed by atoms with Crippen LogP contribution < -0.4 is 5.14 Å². The zero-order valence-corrected chi connectivity index (χ0v) is 11.1. The average molecular weight is 277 g/mol. The van der Waals surface area contributed by atoms with Crippen molar-refractivity contribution in [3.8, 4) is 5.75 Å². The summed E-state index contributed by atoms with van der Waals surface area (Å²) >= 11 is 0. The first-order chi connectivity index (χ1) is 8.97. The van der Waals surface area contributed by atoms with Gasteiger partial charge in [-0.1, -0.05) is 30.3 Å². The van der Waals surface area contributed by atoms with Crippen LogP contribution in [0.1, 0.15) is 11.1 Å². The smallest absolute Gasteiger partial charge is 0.238 e. The van der Waals surface area contributed by atoms with Crippen LogP contribution in [0.2, 0.25) is 0 Å².